The van der Waals surface area contributed by atoms with Crippen molar-refractivity contribution in [2.24, 2.45) is 7.05 Å². The van der Waals surface area contributed by atoms with E-state index in [0.717, 1.165) is 41.7 Å². The van der Waals surface area contributed by atoms with E-state index in [2.05, 4.69) is 39.0 Å². The number of benzene rings is 2. The van der Waals surface area contributed by atoms with Crippen LogP contribution in [0.15, 0.2) is 54.7 Å². The molecule has 1 unspecified atom stereocenters. The topological polar surface area (TPSA) is 46.5 Å². The fraction of sp³-hybridized carbons (Fsp3) is 0.318. The molecule has 1 atom stereocenters. The van der Waals surface area contributed by atoms with Crippen molar-refractivity contribution in [3.63, 3.8) is 0 Å². The van der Waals surface area contributed by atoms with E-state index in [-0.39, 0.29) is 5.91 Å². The molecule has 1 N–H and O–H groups in total. The number of amides is 1. The van der Waals surface area contributed by atoms with Crippen molar-refractivity contribution in [2.45, 2.75) is 18.9 Å². The number of para-hydroxylation sites is 1. The number of nitrogens with one attached hydrogen (secondary N) is 1. The number of rotatable bonds is 5. The van der Waals surface area contributed by atoms with Crippen LogP contribution in [0.1, 0.15) is 12.0 Å². The van der Waals surface area contributed by atoms with Crippen LogP contribution in [-0.2, 0) is 23.0 Å². The molecule has 1 aromatic heterocycles. The van der Waals surface area contributed by atoms with Crippen LogP contribution < -0.4 is 10.2 Å². The van der Waals surface area contributed by atoms with Crippen LogP contribution in [0.25, 0.3) is 10.9 Å². The van der Waals surface area contributed by atoms with E-state index in [9.17, 15) is 4.79 Å². The monoisotopic (exact) mass is 363 g/mol. The minimum Gasteiger partial charge on any atom is -0.380 e. The molecule has 5 nitrogen and oxygen atoms in total. The number of methoxy groups -OCH3 is 1. The first kappa shape index (κ1) is 17.6. The van der Waals surface area contributed by atoms with E-state index in [1.54, 1.807) is 7.11 Å². The second-order valence-electron chi connectivity index (χ2n) is 7.15. The van der Waals surface area contributed by atoms with Crippen LogP contribution >= 0.6 is 0 Å². The summed E-state index contributed by atoms with van der Waals surface area (Å²) in [5.74, 6) is -0.000257. The summed E-state index contributed by atoms with van der Waals surface area (Å²) in [5.41, 5.74) is 4.18. The molecule has 1 aliphatic rings. The molecule has 2 aromatic carbocycles. The van der Waals surface area contributed by atoms with Gasteiger partial charge in [-0.3, -0.25) is 4.79 Å². The first-order valence-corrected chi connectivity index (χ1v) is 9.34. The summed E-state index contributed by atoms with van der Waals surface area (Å²) >= 11 is 0. The number of aryl methyl sites for hydroxylation is 1. The standard InChI is InChI=1S/C22H25N3O2/c1-24-14-16(20-5-3-4-6-21(20)24)13-22(26)23-17-7-9-18(10-8-17)25-12-11-19(15-25)27-2/h3-10,14,19H,11-13,15H2,1-2H3,(H,23,26). The van der Waals surface area contributed by atoms with Crippen molar-refractivity contribution < 1.29 is 9.53 Å². The highest BCUT2D eigenvalue weighted by Crippen LogP contribution is 2.24. The number of hydrogen-bond acceptors (Lipinski definition) is 3. The van der Waals surface area contributed by atoms with E-state index < -0.39 is 0 Å². The van der Waals surface area contributed by atoms with Crippen molar-refractivity contribution in [1.29, 1.82) is 0 Å². The maximum absolute atomic E-state index is 12.5. The first-order chi connectivity index (χ1) is 13.1. The van der Waals surface area contributed by atoms with Gasteiger partial charge in [0.05, 0.1) is 12.5 Å². The maximum Gasteiger partial charge on any atom is 0.228 e. The summed E-state index contributed by atoms with van der Waals surface area (Å²) in [5, 5.41) is 4.14. The van der Waals surface area contributed by atoms with Crippen LogP contribution in [0.4, 0.5) is 11.4 Å². The van der Waals surface area contributed by atoms with Crippen molar-refractivity contribution >= 4 is 28.2 Å². The van der Waals surface area contributed by atoms with Crippen LogP contribution in [0, 0.1) is 0 Å². The third-order valence-electron chi connectivity index (χ3n) is 5.33. The largest absolute Gasteiger partial charge is 0.380 e. The summed E-state index contributed by atoms with van der Waals surface area (Å²) in [6, 6.07) is 16.2. The van der Waals surface area contributed by atoms with Gasteiger partial charge < -0.3 is 19.5 Å². The van der Waals surface area contributed by atoms with Gasteiger partial charge in [-0.05, 0) is 42.3 Å². The summed E-state index contributed by atoms with van der Waals surface area (Å²) in [7, 11) is 3.78. The molecule has 27 heavy (non-hydrogen) atoms. The third kappa shape index (κ3) is 3.69. The van der Waals surface area contributed by atoms with Crippen LogP contribution in [0.2, 0.25) is 0 Å². The Morgan fingerprint density at radius 2 is 1.96 bits per heavy atom. The van der Waals surface area contributed by atoms with Crippen molar-refractivity contribution in [3.8, 4) is 0 Å². The lowest BCUT2D eigenvalue weighted by Gasteiger charge is -2.18. The van der Waals surface area contributed by atoms with E-state index in [1.165, 1.54) is 5.69 Å². The summed E-state index contributed by atoms with van der Waals surface area (Å²) in [6.45, 7) is 1.93. The molecule has 1 aliphatic heterocycles. The van der Waals surface area contributed by atoms with Crippen molar-refractivity contribution in [2.75, 3.05) is 30.4 Å². The van der Waals surface area contributed by atoms with Gasteiger partial charge in [0, 0.05) is 55.7 Å². The number of anilines is 2. The summed E-state index contributed by atoms with van der Waals surface area (Å²) in [6.07, 6.45) is 3.77. The predicted octanol–water partition coefficient (Wildman–Crippen LogP) is 3.58. The van der Waals surface area contributed by atoms with Crippen molar-refractivity contribution in [1.82, 2.24) is 4.57 Å². The highest BCUT2D eigenvalue weighted by molar-refractivity contribution is 5.96. The van der Waals surface area contributed by atoms with Crippen LogP contribution in [0.5, 0.6) is 0 Å². The lowest BCUT2D eigenvalue weighted by atomic mass is 10.1. The molecule has 0 radical (unpaired) electrons. The molecule has 1 fully saturated rings. The number of carbonyl (C=O) groups is 1. The van der Waals surface area contributed by atoms with Gasteiger partial charge in [-0.1, -0.05) is 18.2 Å². The Labute approximate surface area is 159 Å². The Kier molecular flexibility index (Phi) is 4.86. The van der Waals surface area contributed by atoms with Gasteiger partial charge in [0.15, 0.2) is 0 Å². The molecule has 3 aromatic rings. The Morgan fingerprint density at radius 1 is 1.19 bits per heavy atom. The van der Waals surface area contributed by atoms with E-state index in [4.69, 9.17) is 4.74 Å². The van der Waals surface area contributed by atoms with Gasteiger partial charge in [0.2, 0.25) is 5.91 Å². The molecule has 0 bridgehead atoms. The summed E-state index contributed by atoms with van der Waals surface area (Å²) in [4.78, 5) is 14.8. The van der Waals surface area contributed by atoms with E-state index in [0.29, 0.717) is 12.5 Å². The average molecular weight is 363 g/mol. The van der Waals surface area contributed by atoms with Gasteiger partial charge in [-0.25, -0.2) is 0 Å². The highest BCUT2D eigenvalue weighted by Gasteiger charge is 2.22. The van der Waals surface area contributed by atoms with Gasteiger partial charge >= 0.3 is 0 Å². The van der Waals surface area contributed by atoms with E-state index in [1.807, 2.05) is 37.5 Å². The summed E-state index contributed by atoms with van der Waals surface area (Å²) < 4.78 is 7.49. The SMILES string of the molecule is COC1CCN(c2ccc(NC(=O)Cc3cn(C)c4ccccc34)cc2)C1. The zero-order chi connectivity index (χ0) is 18.8. The Hall–Kier alpha value is -2.79. The zero-order valence-corrected chi connectivity index (χ0v) is 15.8. The maximum atomic E-state index is 12.5. The molecule has 2 heterocycles. The fourth-order valence-corrected chi connectivity index (χ4v) is 3.86. The minimum atomic E-state index is -0.000257. The zero-order valence-electron chi connectivity index (χ0n) is 15.8. The molecular formula is C22H25N3O2. The first-order valence-electron chi connectivity index (χ1n) is 9.34. The number of hydrogen-bond donors (Lipinski definition) is 1. The Balaban J connectivity index is 1.41. The molecule has 1 saturated heterocycles. The van der Waals surface area contributed by atoms with E-state index >= 15 is 0 Å². The predicted molar refractivity (Wildman–Crippen MR) is 109 cm³/mol. The van der Waals surface area contributed by atoms with Gasteiger partial charge in [0.25, 0.3) is 0 Å². The average Bonchev–Trinajstić information content (AvgIpc) is 3.28. The molecule has 1 amide bonds. The Bertz CT molecular complexity index is 946. The smallest absolute Gasteiger partial charge is 0.228 e. The lowest BCUT2D eigenvalue weighted by Crippen LogP contribution is -2.22. The van der Waals surface area contributed by atoms with Crippen molar-refractivity contribution in [3.05, 3.63) is 60.3 Å². The van der Waals surface area contributed by atoms with Crippen LogP contribution in [0.3, 0.4) is 0 Å². The number of nitrogens with zero attached hydrogens (tertiary/aromatic N) is 2. The number of fused-ring (bicyclic) bond motifs is 1. The lowest BCUT2D eigenvalue weighted by molar-refractivity contribution is -0.115. The normalized spacial score (nSPS) is 16.8. The highest BCUT2D eigenvalue weighted by atomic mass is 16.5. The molecule has 4 rings (SSSR count). The number of aromatic nitrogens is 1. The quantitative estimate of drug-likeness (QED) is 0.754. The number of carbonyl (C=O) groups excluding carboxylic acids is 1. The molecule has 0 saturated carbocycles. The minimum absolute atomic E-state index is 0.000257. The van der Waals surface area contributed by atoms with Crippen LogP contribution in [-0.4, -0.2) is 36.8 Å². The molecule has 5 heteroatoms. The number of ether oxygens (including phenoxy) is 1. The van der Waals surface area contributed by atoms with Gasteiger partial charge in [-0.2, -0.15) is 0 Å². The Morgan fingerprint density at radius 3 is 2.70 bits per heavy atom. The molecule has 140 valence electrons. The molecule has 0 aliphatic carbocycles. The second kappa shape index (κ2) is 7.45. The fourth-order valence-electron chi connectivity index (χ4n) is 3.86. The van der Waals surface area contributed by atoms with Gasteiger partial charge in [-0.15, -0.1) is 0 Å². The third-order valence-corrected chi connectivity index (χ3v) is 5.33. The molecular weight excluding hydrogens is 338 g/mol. The second-order valence-corrected chi connectivity index (χ2v) is 7.15. The molecule has 0 spiro atoms. The van der Waals surface area contributed by atoms with Gasteiger partial charge in [0.1, 0.15) is 0 Å².